The number of carbonyl (C=O) groups excluding carboxylic acids is 1. The zero-order valence-electron chi connectivity index (χ0n) is 14.2. The van der Waals surface area contributed by atoms with Crippen molar-refractivity contribution in [2.45, 2.75) is 13.8 Å². The van der Waals surface area contributed by atoms with Gasteiger partial charge in [-0.1, -0.05) is 25.4 Å². The SMILES string of the molecule is CC(C)COc1ccc(NC(=O)c2ccc3c(c2)OCCO3)cc1Cl. The largest absolute Gasteiger partial charge is 0.492 e. The lowest BCUT2D eigenvalue weighted by atomic mass is 10.1. The molecule has 2 aromatic rings. The normalized spacial score (nSPS) is 12.8. The summed E-state index contributed by atoms with van der Waals surface area (Å²) in [5.74, 6) is 1.99. The van der Waals surface area contributed by atoms with Crippen LogP contribution < -0.4 is 19.5 Å². The standard InChI is InChI=1S/C19H20ClNO4/c1-12(2)11-25-16-6-4-14(10-15(16)20)21-19(22)13-3-5-17-18(9-13)24-8-7-23-17/h3-6,9-10,12H,7-8,11H2,1-2H3,(H,21,22). The van der Waals surface area contributed by atoms with Crippen LogP contribution in [0, 0.1) is 5.92 Å². The van der Waals surface area contributed by atoms with Crippen molar-refractivity contribution in [1.82, 2.24) is 0 Å². The molecular formula is C19H20ClNO4. The molecule has 5 nitrogen and oxygen atoms in total. The van der Waals surface area contributed by atoms with Crippen LogP contribution in [0.15, 0.2) is 36.4 Å². The lowest BCUT2D eigenvalue weighted by Gasteiger charge is -2.18. The first-order valence-electron chi connectivity index (χ1n) is 8.16. The topological polar surface area (TPSA) is 56.8 Å². The average Bonchev–Trinajstić information content (AvgIpc) is 2.60. The fourth-order valence-electron chi connectivity index (χ4n) is 2.34. The molecule has 0 radical (unpaired) electrons. The summed E-state index contributed by atoms with van der Waals surface area (Å²) in [5.41, 5.74) is 1.09. The Morgan fingerprint density at radius 3 is 2.64 bits per heavy atom. The lowest BCUT2D eigenvalue weighted by molar-refractivity contribution is 0.102. The van der Waals surface area contributed by atoms with Gasteiger partial charge in [0.15, 0.2) is 11.5 Å². The van der Waals surface area contributed by atoms with Crippen molar-refractivity contribution in [3.63, 3.8) is 0 Å². The maximum Gasteiger partial charge on any atom is 0.255 e. The molecule has 0 saturated carbocycles. The van der Waals surface area contributed by atoms with E-state index in [9.17, 15) is 4.79 Å². The number of carbonyl (C=O) groups is 1. The highest BCUT2D eigenvalue weighted by molar-refractivity contribution is 6.32. The maximum atomic E-state index is 12.4. The Hall–Kier alpha value is -2.40. The molecule has 0 aromatic heterocycles. The minimum Gasteiger partial charge on any atom is -0.492 e. The Morgan fingerprint density at radius 1 is 1.16 bits per heavy atom. The molecule has 2 aromatic carbocycles. The molecule has 0 unspecified atom stereocenters. The summed E-state index contributed by atoms with van der Waals surface area (Å²) in [7, 11) is 0. The number of fused-ring (bicyclic) bond motifs is 1. The van der Waals surface area contributed by atoms with Gasteiger partial charge in [-0.15, -0.1) is 0 Å². The van der Waals surface area contributed by atoms with Gasteiger partial charge in [-0.25, -0.2) is 0 Å². The van der Waals surface area contributed by atoms with E-state index >= 15 is 0 Å². The van der Waals surface area contributed by atoms with Gasteiger partial charge in [0.2, 0.25) is 0 Å². The van der Waals surface area contributed by atoms with E-state index in [4.69, 9.17) is 25.8 Å². The number of rotatable bonds is 5. The number of anilines is 1. The van der Waals surface area contributed by atoms with Gasteiger partial charge >= 0.3 is 0 Å². The molecule has 1 heterocycles. The minimum absolute atomic E-state index is 0.246. The number of halogens is 1. The van der Waals surface area contributed by atoms with E-state index < -0.39 is 0 Å². The van der Waals surface area contributed by atoms with Crippen LogP contribution in [0.3, 0.4) is 0 Å². The Bertz CT molecular complexity index is 776. The van der Waals surface area contributed by atoms with E-state index in [2.05, 4.69) is 19.2 Å². The fraction of sp³-hybridized carbons (Fsp3) is 0.316. The van der Waals surface area contributed by atoms with Crippen molar-refractivity contribution in [1.29, 1.82) is 0 Å². The van der Waals surface area contributed by atoms with Gasteiger partial charge < -0.3 is 19.5 Å². The Morgan fingerprint density at radius 2 is 1.92 bits per heavy atom. The summed E-state index contributed by atoms with van der Waals surface area (Å²) in [4.78, 5) is 12.4. The first kappa shape index (κ1) is 17.4. The molecule has 1 aliphatic heterocycles. The zero-order chi connectivity index (χ0) is 17.8. The molecular weight excluding hydrogens is 342 g/mol. The quantitative estimate of drug-likeness (QED) is 0.857. The minimum atomic E-state index is -0.246. The second kappa shape index (κ2) is 7.66. The van der Waals surface area contributed by atoms with Crippen molar-refractivity contribution in [3.8, 4) is 17.2 Å². The zero-order valence-corrected chi connectivity index (χ0v) is 14.9. The van der Waals surface area contributed by atoms with Gasteiger partial charge in [-0.05, 0) is 42.3 Å². The molecule has 1 N–H and O–H groups in total. The molecule has 1 aliphatic rings. The number of benzene rings is 2. The van der Waals surface area contributed by atoms with E-state index in [1.165, 1.54) is 0 Å². The molecule has 0 saturated heterocycles. The third-order valence-electron chi connectivity index (χ3n) is 3.57. The van der Waals surface area contributed by atoms with Crippen molar-refractivity contribution in [3.05, 3.63) is 47.0 Å². The molecule has 0 fully saturated rings. The van der Waals surface area contributed by atoms with Gasteiger partial charge in [-0.3, -0.25) is 4.79 Å². The molecule has 3 rings (SSSR count). The molecule has 0 atom stereocenters. The summed E-state index contributed by atoms with van der Waals surface area (Å²) in [6, 6.07) is 10.3. The first-order valence-corrected chi connectivity index (χ1v) is 8.54. The number of ether oxygens (including phenoxy) is 3. The third-order valence-corrected chi connectivity index (χ3v) is 3.86. The summed E-state index contributed by atoms with van der Waals surface area (Å²) < 4.78 is 16.6. The molecule has 0 aliphatic carbocycles. The van der Waals surface area contributed by atoms with Crippen molar-refractivity contribution in [2.75, 3.05) is 25.1 Å². The summed E-state index contributed by atoms with van der Waals surface area (Å²) in [5, 5.41) is 3.28. The van der Waals surface area contributed by atoms with Crippen LogP contribution in [-0.2, 0) is 0 Å². The van der Waals surface area contributed by atoms with Crippen LogP contribution >= 0.6 is 11.6 Å². The van der Waals surface area contributed by atoms with Crippen LogP contribution in [0.5, 0.6) is 17.2 Å². The second-order valence-electron chi connectivity index (χ2n) is 6.16. The Kier molecular flexibility index (Phi) is 5.34. The lowest BCUT2D eigenvalue weighted by Crippen LogP contribution is -2.17. The van der Waals surface area contributed by atoms with Crippen LogP contribution in [0.1, 0.15) is 24.2 Å². The molecule has 6 heteroatoms. The second-order valence-corrected chi connectivity index (χ2v) is 6.57. The molecule has 25 heavy (non-hydrogen) atoms. The molecule has 132 valence electrons. The van der Waals surface area contributed by atoms with Gasteiger partial charge in [0.05, 0.1) is 11.6 Å². The molecule has 0 bridgehead atoms. The van der Waals surface area contributed by atoms with Crippen molar-refractivity contribution >= 4 is 23.2 Å². The predicted molar refractivity (Wildman–Crippen MR) is 97.2 cm³/mol. The maximum absolute atomic E-state index is 12.4. The van der Waals surface area contributed by atoms with Gasteiger partial charge in [0.1, 0.15) is 19.0 Å². The van der Waals surface area contributed by atoms with E-state index in [1.807, 2.05) is 0 Å². The predicted octanol–water partition coefficient (Wildman–Crippen LogP) is 4.40. The summed E-state index contributed by atoms with van der Waals surface area (Å²) >= 11 is 6.22. The molecule has 0 spiro atoms. The highest BCUT2D eigenvalue weighted by Gasteiger charge is 2.15. The number of amides is 1. The summed E-state index contributed by atoms with van der Waals surface area (Å²) in [6.45, 7) is 5.71. The monoisotopic (exact) mass is 361 g/mol. The van der Waals surface area contributed by atoms with Crippen LogP contribution in [0.2, 0.25) is 5.02 Å². The Balaban J connectivity index is 1.69. The average molecular weight is 362 g/mol. The number of hydrogen-bond acceptors (Lipinski definition) is 4. The third kappa shape index (κ3) is 4.37. The molecule has 1 amide bonds. The van der Waals surface area contributed by atoms with E-state index in [0.29, 0.717) is 59.3 Å². The highest BCUT2D eigenvalue weighted by atomic mass is 35.5. The van der Waals surface area contributed by atoms with E-state index in [0.717, 1.165) is 0 Å². The smallest absolute Gasteiger partial charge is 0.255 e. The van der Waals surface area contributed by atoms with Crippen LogP contribution in [0.4, 0.5) is 5.69 Å². The van der Waals surface area contributed by atoms with Gasteiger partial charge in [-0.2, -0.15) is 0 Å². The van der Waals surface area contributed by atoms with E-state index in [1.54, 1.807) is 36.4 Å². The first-order chi connectivity index (χ1) is 12.0. The number of nitrogens with one attached hydrogen (secondary N) is 1. The fourth-order valence-corrected chi connectivity index (χ4v) is 2.58. The Labute approximate surface area is 151 Å². The van der Waals surface area contributed by atoms with E-state index in [-0.39, 0.29) is 5.91 Å². The highest BCUT2D eigenvalue weighted by Crippen LogP contribution is 2.32. The van der Waals surface area contributed by atoms with Crippen molar-refractivity contribution in [2.24, 2.45) is 5.92 Å². The van der Waals surface area contributed by atoms with Gasteiger partial charge in [0.25, 0.3) is 5.91 Å². The number of hydrogen-bond donors (Lipinski definition) is 1. The van der Waals surface area contributed by atoms with Gasteiger partial charge in [0, 0.05) is 11.3 Å². The van der Waals surface area contributed by atoms with Crippen LogP contribution in [-0.4, -0.2) is 25.7 Å². The van der Waals surface area contributed by atoms with Crippen LogP contribution in [0.25, 0.3) is 0 Å². The summed E-state index contributed by atoms with van der Waals surface area (Å²) in [6.07, 6.45) is 0. The van der Waals surface area contributed by atoms with Crippen molar-refractivity contribution < 1.29 is 19.0 Å².